The van der Waals surface area contributed by atoms with Gasteiger partial charge in [0.25, 0.3) is 0 Å². The standard InChI is InChI=1S/C43H27N3/c1-3-12-37-35(10-1)36-11-2-4-13-38(36)42-41(37)39-14-5-6-15-40(39)46-43(42)31-9-7-8-30(24-31)34-26-32(28-16-20-44-21-17-28)25-33(27-34)29-18-22-45-23-19-29/h1-27H. The summed E-state index contributed by atoms with van der Waals surface area (Å²) in [5.41, 5.74) is 9.90. The van der Waals surface area contributed by atoms with Gasteiger partial charge < -0.3 is 0 Å². The molecule has 0 unspecified atom stereocenters. The second-order valence-corrected chi connectivity index (χ2v) is 11.7. The monoisotopic (exact) mass is 585 g/mol. The fraction of sp³-hybridized carbons (Fsp3) is 0. The van der Waals surface area contributed by atoms with E-state index < -0.39 is 0 Å². The quantitative estimate of drug-likeness (QED) is 0.193. The Labute approximate surface area is 266 Å². The molecule has 0 aliphatic carbocycles. The zero-order valence-electron chi connectivity index (χ0n) is 24.9. The van der Waals surface area contributed by atoms with Crippen LogP contribution in [-0.2, 0) is 0 Å². The lowest BCUT2D eigenvalue weighted by molar-refractivity contribution is 1.33. The number of aromatic nitrogens is 3. The molecule has 0 spiro atoms. The minimum Gasteiger partial charge on any atom is -0.265 e. The first-order valence-electron chi connectivity index (χ1n) is 15.5. The van der Waals surface area contributed by atoms with Gasteiger partial charge in [0, 0.05) is 46.5 Å². The number of rotatable bonds is 4. The van der Waals surface area contributed by atoms with E-state index in [0.717, 1.165) is 50.2 Å². The van der Waals surface area contributed by atoms with Crippen LogP contribution in [0.15, 0.2) is 164 Å². The summed E-state index contributed by atoms with van der Waals surface area (Å²) in [6.07, 6.45) is 7.39. The minimum atomic E-state index is 0.996. The van der Waals surface area contributed by atoms with Gasteiger partial charge in [0.1, 0.15) is 0 Å². The maximum Gasteiger partial charge on any atom is 0.0794 e. The molecule has 46 heavy (non-hydrogen) atoms. The summed E-state index contributed by atoms with van der Waals surface area (Å²) in [6, 6.07) is 49.9. The fourth-order valence-corrected chi connectivity index (χ4v) is 6.90. The van der Waals surface area contributed by atoms with Crippen molar-refractivity contribution < 1.29 is 0 Å². The van der Waals surface area contributed by atoms with Crippen LogP contribution >= 0.6 is 0 Å². The van der Waals surface area contributed by atoms with Crippen molar-refractivity contribution in [2.45, 2.75) is 0 Å². The van der Waals surface area contributed by atoms with E-state index in [4.69, 9.17) is 4.98 Å². The lowest BCUT2D eigenvalue weighted by atomic mass is 9.89. The van der Waals surface area contributed by atoms with Crippen molar-refractivity contribution in [3.63, 3.8) is 0 Å². The van der Waals surface area contributed by atoms with Crippen molar-refractivity contribution in [3.8, 4) is 44.6 Å². The predicted molar refractivity (Wildman–Crippen MR) is 192 cm³/mol. The Kier molecular flexibility index (Phi) is 6.14. The van der Waals surface area contributed by atoms with Crippen LogP contribution in [0.2, 0.25) is 0 Å². The van der Waals surface area contributed by atoms with Crippen molar-refractivity contribution in [2.24, 2.45) is 0 Å². The van der Waals surface area contributed by atoms with Gasteiger partial charge in [-0.15, -0.1) is 0 Å². The molecule has 0 aliphatic rings. The highest BCUT2D eigenvalue weighted by molar-refractivity contribution is 6.33. The van der Waals surface area contributed by atoms with E-state index in [2.05, 4.69) is 149 Å². The summed E-state index contributed by atoms with van der Waals surface area (Å²) in [7, 11) is 0. The zero-order valence-corrected chi connectivity index (χ0v) is 24.9. The molecular formula is C43H27N3. The van der Waals surface area contributed by atoms with Crippen LogP contribution in [0.3, 0.4) is 0 Å². The van der Waals surface area contributed by atoms with E-state index in [0.29, 0.717) is 0 Å². The van der Waals surface area contributed by atoms with Gasteiger partial charge in [-0.2, -0.15) is 0 Å². The molecule has 0 fully saturated rings. The van der Waals surface area contributed by atoms with Crippen molar-refractivity contribution >= 4 is 43.2 Å². The van der Waals surface area contributed by atoms with Crippen LogP contribution in [-0.4, -0.2) is 15.0 Å². The van der Waals surface area contributed by atoms with E-state index in [-0.39, 0.29) is 0 Å². The lowest BCUT2D eigenvalue weighted by Gasteiger charge is -2.17. The smallest absolute Gasteiger partial charge is 0.0794 e. The Morgan fingerprint density at radius 3 is 1.37 bits per heavy atom. The molecule has 0 radical (unpaired) electrons. The summed E-state index contributed by atoms with van der Waals surface area (Å²) in [6.45, 7) is 0. The maximum atomic E-state index is 5.38. The van der Waals surface area contributed by atoms with Gasteiger partial charge in [-0.1, -0.05) is 84.9 Å². The molecule has 9 aromatic rings. The van der Waals surface area contributed by atoms with Gasteiger partial charge in [-0.05, 0) is 110 Å². The first kappa shape index (κ1) is 26.2. The molecule has 9 rings (SSSR count). The van der Waals surface area contributed by atoms with Crippen molar-refractivity contribution in [1.82, 2.24) is 15.0 Å². The van der Waals surface area contributed by atoms with Crippen molar-refractivity contribution in [2.75, 3.05) is 0 Å². The molecule has 0 atom stereocenters. The minimum absolute atomic E-state index is 0.996. The normalized spacial score (nSPS) is 11.5. The third-order valence-electron chi connectivity index (χ3n) is 9.01. The Morgan fingerprint density at radius 1 is 0.304 bits per heavy atom. The van der Waals surface area contributed by atoms with Crippen LogP contribution < -0.4 is 0 Å². The molecule has 3 nitrogen and oxygen atoms in total. The van der Waals surface area contributed by atoms with E-state index in [9.17, 15) is 0 Å². The van der Waals surface area contributed by atoms with E-state index >= 15 is 0 Å². The molecule has 3 heteroatoms. The van der Waals surface area contributed by atoms with Crippen molar-refractivity contribution in [1.29, 1.82) is 0 Å². The molecule has 0 N–H and O–H groups in total. The summed E-state index contributed by atoms with van der Waals surface area (Å²) >= 11 is 0. The van der Waals surface area contributed by atoms with Gasteiger partial charge in [0.05, 0.1) is 11.2 Å². The average molecular weight is 586 g/mol. The molecule has 3 heterocycles. The summed E-state index contributed by atoms with van der Waals surface area (Å²) in [5.74, 6) is 0. The first-order chi connectivity index (χ1) is 22.8. The summed E-state index contributed by atoms with van der Waals surface area (Å²) < 4.78 is 0. The summed E-state index contributed by atoms with van der Waals surface area (Å²) in [5, 5.41) is 8.58. The fourth-order valence-electron chi connectivity index (χ4n) is 6.90. The van der Waals surface area contributed by atoms with Crippen molar-refractivity contribution in [3.05, 3.63) is 164 Å². The van der Waals surface area contributed by atoms with Gasteiger partial charge in [0.2, 0.25) is 0 Å². The molecule has 6 aromatic carbocycles. The largest absolute Gasteiger partial charge is 0.265 e. The van der Waals surface area contributed by atoms with E-state index in [1.165, 1.54) is 37.7 Å². The topological polar surface area (TPSA) is 38.7 Å². The number of pyridine rings is 3. The molecule has 0 saturated heterocycles. The van der Waals surface area contributed by atoms with E-state index in [1.807, 2.05) is 24.8 Å². The van der Waals surface area contributed by atoms with Crippen LogP contribution in [0.5, 0.6) is 0 Å². The van der Waals surface area contributed by atoms with Gasteiger partial charge in [0.15, 0.2) is 0 Å². The Balaban J connectivity index is 1.33. The average Bonchev–Trinajstić information content (AvgIpc) is 3.15. The van der Waals surface area contributed by atoms with Crippen LogP contribution in [0, 0.1) is 0 Å². The van der Waals surface area contributed by atoms with Gasteiger partial charge in [-0.25, -0.2) is 4.98 Å². The second kappa shape index (κ2) is 10.8. The number of fused-ring (bicyclic) bond motifs is 8. The Bertz CT molecular complexity index is 2520. The third-order valence-corrected chi connectivity index (χ3v) is 9.01. The maximum absolute atomic E-state index is 5.38. The molecule has 0 bridgehead atoms. The van der Waals surface area contributed by atoms with Crippen LogP contribution in [0.1, 0.15) is 0 Å². The lowest BCUT2D eigenvalue weighted by Crippen LogP contribution is -1.93. The first-order valence-corrected chi connectivity index (χ1v) is 15.5. The second-order valence-electron chi connectivity index (χ2n) is 11.7. The number of hydrogen-bond donors (Lipinski definition) is 0. The highest BCUT2D eigenvalue weighted by atomic mass is 14.7. The molecule has 3 aromatic heterocycles. The predicted octanol–water partition coefficient (Wildman–Crippen LogP) is 11.2. The molecule has 0 saturated carbocycles. The number of benzene rings is 6. The SMILES string of the molecule is c1cc(-c2cc(-c3ccncc3)cc(-c3ccncc3)c2)cc(-c2nc3ccccc3c3c4ccccc4c4ccccc4c23)c1. The zero-order chi connectivity index (χ0) is 30.5. The molecule has 0 aliphatic heterocycles. The van der Waals surface area contributed by atoms with Gasteiger partial charge >= 0.3 is 0 Å². The van der Waals surface area contributed by atoms with Crippen LogP contribution in [0.25, 0.3) is 87.9 Å². The number of nitrogens with zero attached hydrogens (tertiary/aromatic N) is 3. The highest BCUT2D eigenvalue weighted by Crippen LogP contribution is 2.43. The van der Waals surface area contributed by atoms with Gasteiger partial charge in [-0.3, -0.25) is 9.97 Å². The Morgan fingerprint density at radius 2 is 0.761 bits per heavy atom. The molecular weight excluding hydrogens is 558 g/mol. The summed E-state index contributed by atoms with van der Waals surface area (Å²) in [4.78, 5) is 13.9. The molecule has 214 valence electrons. The highest BCUT2D eigenvalue weighted by Gasteiger charge is 2.18. The van der Waals surface area contributed by atoms with E-state index in [1.54, 1.807) is 0 Å². The van der Waals surface area contributed by atoms with Crippen LogP contribution in [0.4, 0.5) is 0 Å². The molecule has 0 amide bonds. The number of para-hydroxylation sites is 1. The number of hydrogen-bond acceptors (Lipinski definition) is 3. The Hall–Kier alpha value is -6.19. The third kappa shape index (κ3) is 4.33.